The smallest absolute Gasteiger partial charge is 0.409 e. The lowest BCUT2D eigenvalue weighted by Crippen LogP contribution is -2.56. The first kappa shape index (κ1) is 38.9. The molecule has 0 spiro atoms. The highest BCUT2D eigenvalue weighted by atomic mass is 16.6. The van der Waals surface area contributed by atoms with Gasteiger partial charge < -0.3 is 29.7 Å². The number of nitrogens with zero attached hydrogens (tertiary/aromatic N) is 1. The van der Waals surface area contributed by atoms with Crippen molar-refractivity contribution in [3.05, 3.63) is 155 Å². The van der Waals surface area contributed by atoms with Crippen LogP contribution < -0.4 is 15.4 Å². The van der Waals surface area contributed by atoms with E-state index in [2.05, 4.69) is 47.0 Å². The fourth-order valence-electron chi connectivity index (χ4n) is 9.17. The number of hydrogen-bond donors (Lipinski definition) is 2. The molecule has 2 atom stereocenters. The number of likely N-dealkylation sites (tertiary alicyclic amines) is 1. The van der Waals surface area contributed by atoms with Crippen LogP contribution in [0.4, 0.5) is 4.79 Å². The predicted octanol–water partition coefficient (Wildman–Crippen LogP) is 8.32. The van der Waals surface area contributed by atoms with Crippen molar-refractivity contribution in [1.29, 1.82) is 0 Å². The van der Waals surface area contributed by atoms with Gasteiger partial charge in [0.25, 0.3) is 0 Å². The molecule has 3 amide bonds. The van der Waals surface area contributed by atoms with E-state index in [0.717, 1.165) is 75.3 Å². The molecule has 2 heterocycles. The van der Waals surface area contributed by atoms with E-state index < -0.39 is 23.5 Å². The van der Waals surface area contributed by atoms with Crippen molar-refractivity contribution in [2.45, 2.75) is 56.4 Å². The fraction of sp³-hybridized carbons (Fsp3) is 0.327. The molecule has 2 N–H and O–H groups in total. The van der Waals surface area contributed by atoms with Gasteiger partial charge in [-0.15, -0.1) is 0 Å². The van der Waals surface area contributed by atoms with Crippen molar-refractivity contribution < 1.29 is 28.6 Å². The van der Waals surface area contributed by atoms with Crippen molar-refractivity contribution >= 4 is 17.9 Å². The highest BCUT2D eigenvalue weighted by molar-refractivity contribution is 5.82. The molecule has 1 fully saturated rings. The minimum atomic E-state index is -0.588. The minimum absolute atomic E-state index is 0.101. The molecule has 5 aromatic rings. The van der Waals surface area contributed by atoms with Crippen LogP contribution in [-0.2, 0) is 30.9 Å². The Bertz CT molecular complexity index is 2180. The number of piperidine rings is 1. The summed E-state index contributed by atoms with van der Waals surface area (Å²) in [4.78, 5) is 43.6. The number of nitrogens with one attached hydrogen (secondary N) is 2. The second-order valence-electron chi connectivity index (χ2n) is 15.9. The van der Waals surface area contributed by atoms with Gasteiger partial charge in [0.1, 0.15) is 18.1 Å². The number of hydrogen-bond acceptors (Lipinski definition) is 6. The van der Waals surface area contributed by atoms with Crippen molar-refractivity contribution in [2.24, 2.45) is 5.92 Å². The average molecular weight is 778 g/mol. The molecule has 1 saturated heterocycles. The summed E-state index contributed by atoms with van der Waals surface area (Å²) in [6.45, 7) is 3.57. The van der Waals surface area contributed by atoms with Gasteiger partial charge in [-0.05, 0) is 72.6 Å². The van der Waals surface area contributed by atoms with Crippen LogP contribution in [0.5, 0.6) is 11.5 Å². The summed E-state index contributed by atoms with van der Waals surface area (Å²) in [5.41, 5.74) is 8.06. The number of aryl methyl sites for hydroxylation is 1. The van der Waals surface area contributed by atoms with Crippen LogP contribution in [-0.4, -0.2) is 68.8 Å². The number of ether oxygens (including phenoxy) is 3. The van der Waals surface area contributed by atoms with Crippen LogP contribution in [0.2, 0.25) is 0 Å². The molecule has 0 aromatic heterocycles. The van der Waals surface area contributed by atoms with E-state index in [1.165, 1.54) is 0 Å². The second-order valence-corrected chi connectivity index (χ2v) is 15.9. The summed E-state index contributed by atoms with van der Waals surface area (Å²) in [5.74, 6) is 0.528. The third-order valence-electron chi connectivity index (χ3n) is 12.1. The summed E-state index contributed by atoms with van der Waals surface area (Å²) < 4.78 is 17.9. The van der Waals surface area contributed by atoms with Gasteiger partial charge in [-0.2, -0.15) is 0 Å². The first-order valence-corrected chi connectivity index (χ1v) is 20.4. The molecule has 3 aliphatic rings. The van der Waals surface area contributed by atoms with E-state index in [0.29, 0.717) is 19.6 Å². The third kappa shape index (κ3) is 8.09. The minimum Gasteiger partial charge on any atom is -0.457 e. The summed E-state index contributed by atoms with van der Waals surface area (Å²) in [6, 6.07) is 40.0. The average Bonchev–Trinajstić information content (AvgIpc) is 3.57. The molecule has 0 unspecified atom stereocenters. The first-order chi connectivity index (χ1) is 28.3. The normalized spacial score (nSPS) is 17.5. The molecule has 0 bridgehead atoms. The largest absolute Gasteiger partial charge is 0.457 e. The summed E-state index contributed by atoms with van der Waals surface area (Å²) in [6.07, 6.45) is 2.60. The lowest BCUT2D eigenvalue weighted by molar-refractivity contribution is -0.128. The molecule has 58 heavy (non-hydrogen) atoms. The topological polar surface area (TPSA) is 106 Å². The number of fused-ring (bicyclic) bond motifs is 5. The fourth-order valence-corrected chi connectivity index (χ4v) is 9.17. The zero-order valence-corrected chi connectivity index (χ0v) is 33.2. The highest BCUT2D eigenvalue weighted by Crippen LogP contribution is 2.50. The number of methoxy groups -OCH3 is 1. The number of amides is 3. The Morgan fingerprint density at radius 2 is 1.40 bits per heavy atom. The summed E-state index contributed by atoms with van der Waals surface area (Å²) in [5, 5.41) is 6.50. The Labute approximate surface area is 340 Å². The number of unbranched alkanes of at least 4 members (excludes halogenated alkanes) is 1. The van der Waals surface area contributed by atoms with E-state index in [-0.39, 0.29) is 43.8 Å². The monoisotopic (exact) mass is 777 g/mol. The number of carbonyl (C=O) groups excluding carboxylic acids is 3. The third-order valence-corrected chi connectivity index (χ3v) is 12.1. The van der Waals surface area contributed by atoms with Gasteiger partial charge >= 0.3 is 6.09 Å². The van der Waals surface area contributed by atoms with Crippen molar-refractivity contribution in [2.75, 3.05) is 40.0 Å². The number of benzene rings is 5. The quantitative estimate of drug-likeness (QED) is 0.117. The van der Waals surface area contributed by atoms with Crippen molar-refractivity contribution in [3.8, 4) is 22.6 Å². The van der Waals surface area contributed by atoms with E-state index in [4.69, 9.17) is 14.2 Å². The maximum Gasteiger partial charge on any atom is 0.409 e. The van der Waals surface area contributed by atoms with Crippen molar-refractivity contribution in [1.82, 2.24) is 15.5 Å². The van der Waals surface area contributed by atoms with Crippen molar-refractivity contribution in [3.63, 3.8) is 0 Å². The second kappa shape index (κ2) is 17.3. The summed E-state index contributed by atoms with van der Waals surface area (Å²) >= 11 is 0. The molecule has 298 valence electrons. The first-order valence-electron chi connectivity index (χ1n) is 20.4. The zero-order chi connectivity index (χ0) is 40.1. The molecule has 9 nitrogen and oxygen atoms in total. The number of rotatable bonds is 13. The van der Waals surface area contributed by atoms with Gasteiger partial charge in [0, 0.05) is 61.9 Å². The molecule has 0 radical (unpaired) electrons. The van der Waals surface area contributed by atoms with E-state index in [9.17, 15) is 14.4 Å². The molecule has 8 rings (SSSR count). The Balaban J connectivity index is 1.02. The Morgan fingerprint density at radius 3 is 2.05 bits per heavy atom. The van der Waals surface area contributed by atoms with Crippen LogP contribution >= 0.6 is 0 Å². The van der Waals surface area contributed by atoms with Gasteiger partial charge in [0.2, 0.25) is 11.8 Å². The maximum atomic E-state index is 14.5. The van der Waals surface area contributed by atoms with Gasteiger partial charge in [-0.3, -0.25) is 9.59 Å². The molecule has 2 aliphatic heterocycles. The van der Waals surface area contributed by atoms with E-state index in [1.54, 1.807) is 12.0 Å². The summed E-state index contributed by atoms with van der Waals surface area (Å²) in [7, 11) is 1.71. The SMILES string of the molecule is COCCCCC1(CNC(=O)[C@H]2C[C@@H](NC(=O)Cc3ccc(C)cc3)CN(C(=O)OCC3c4ccccc4-c4ccccc43)C2)c2ccccc2Oc2ccccc21. The molecular weight excluding hydrogens is 727 g/mol. The van der Waals surface area contributed by atoms with Crippen LogP contribution in [0.1, 0.15) is 65.0 Å². The maximum absolute atomic E-state index is 14.5. The van der Waals surface area contributed by atoms with Gasteiger partial charge in [-0.25, -0.2) is 4.79 Å². The standard InChI is InChI=1S/C49H51N3O6/c1-33-21-23-34(24-22-33)27-46(53)51-36-28-35(29-52(30-36)48(55)57-31-41-39-15-5-3-13-37(39)38-14-4-6-16-40(38)41)47(54)50-32-49(25-11-12-26-56-2)42-17-7-9-19-44(42)58-45-20-10-8-18-43(45)49/h3-10,13-24,35-36,41H,11-12,25-32H2,1-2H3,(H,50,54)(H,51,53)/t35-,36+/m0/s1. The van der Waals surface area contributed by atoms with Gasteiger partial charge in [0.05, 0.1) is 12.3 Å². The van der Waals surface area contributed by atoms with Crippen LogP contribution in [0.25, 0.3) is 11.1 Å². The van der Waals surface area contributed by atoms with Gasteiger partial charge in [-0.1, -0.05) is 115 Å². The van der Waals surface area contributed by atoms with E-state index >= 15 is 0 Å². The van der Waals surface area contributed by atoms with Gasteiger partial charge in [0.15, 0.2) is 0 Å². The lowest BCUT2D eigenvalue weighted by Gasteiger charge is -2.41. The number of carbonyl (C=O) groups is 3. The predicted molar refractivity (Wildman–Crippen MR) is 224 cm³/mol. The van der Waals surface area contributed by atoms with Crippen LogP contribution in [0, 0.1) is 12.8 Å². The number of para-hydroxylation sites is 2. The Morgan fingerprint density at radius 1 is 0.776 bits per heavy atom. The van der Waals surface area contributed by atoms with E-state index in [1.807, 2.05) is 91.9 Å². The zero-order valence-electron chi connectivity index (χ0n) is 33.2. The van der Waals surface area contributed by atoms with Crippen LogP contribution in [0.15, 0.2) is 121 Å². The molecular formula is C49H51N3O6. The highest BCUT2D eigenvalue weighted by Gasteiger charge is 2.43. The molecule has 0 saturated carbocycles. The lowest BCUT2D eigenvalue weighted by atomic mass is 9.69. The molecule has 1 aliphatic carbocycles. The molecule has 5 aromatic carbocycles. The van der Waals surface area contributed by atoms with Crippen LogP contribution in [0.3, 0.4) is 0 Å². The molecule has 9 heteroatoms. The Hall–Kier alpha value is -5.93. The Kier molecular flexibility index (Phi) is 11.6.